The number of nitrogens with zero attached hydrogens (tertiary/aromatic N) is 6. The standard InChI is InChI=1S/C52H62ClN7O5S/c1-30(2)45(44-25-31(3)57-65-44)50(64)59-28-37(61)27-43(59)48(62)55-40(34-14-16-35(17-15-34)47-32(4)54-29-66-47)12-8-7-9-22-58-23-20-33(21-24-58)36-18-19-38-42(26-36)60-41-13-10-11-39(53)46(41)49(63)56-51(60)52(38,5)6/h10-11,13-19,25-26,29-30,33,37,40,43,45,50,61,64H,7-9,12,20-24,27-28H2,1-6H3,(H,55,62)/t37-,40+,43+,45?,50?/m1/s1. The number of carbonyl (C=O) groups is 1. The van der Waals surface area contributed by atoms with Crippen molar-refractivity contribution >= 4 is 39.7 Å². The maximum Gasteiger partial charge on any atom is 0.282 e. The molecule has 3 aromatic carbocycles. The molecule has 348 valence electrons. The molecule has 0 aliphatic carbocycles. The van der Waals surface area contributed by atoms with Gasteiger partial charge in [-0.1, -0.05) is 85.9 Å². The van der Waals surface area contributed by atoms with Gasteiger partial charge in [0.1, 0.15) is 17.8 Å². The summed E-state index contributed by atoms with van der Waals surface area (Å²) in [7, 11) is 0. The van der Waals surface area contributed by atoms with Gasteiger partial charge in [-0.25, -0.2) is 4.98 Å². The highest BCUT2D eigenvalue weighted by molar-refractivity contribution is 7.13. The number of unbranched alkanes of at least 4 members (excludes halogenated alkanes) is 2. The lowest BCUT2D eigenvalue weighted by molar-refractivity contribution is -0.132. The van der Waals surface area contributed by atoms with Crippen LogP contribution in [0.1, 0.15) is 130 Å². The Hall–Kier alpha value is -4.76. The van der Waals surface area contributed by atoms with Crippen molar-refractivity contribution in [2.24, 2.45) is 5.92 Å². The highest BCUT2D eigenvalue weighted by Crippen LogP contribution is 2.45. The number of benzene rings is 3. The van der Waals surface area contributed by atoms with Crippen molar-refractivity contribution in [1.82, 2.24) is 34.8 Å². The van der Waals surface area contributed by atoms with Crippen LogP contribution in [0.2, 0.25) is 5.02 Å². The third-order valence-corrected chi connectivity index (χ3v) is 15.8. The average molecular weight is 933 g/mol. The molecule has 66 heavy (non-hydrogen) atoms. The number of rotatable bonds is 15. The van der Waals surface area contributed by atoms with Gasteiger partial charge in [-0.2, -0.15) is 4.98 Å². The van der Waals surface area contributed by atoms with E-state index in [1.54, 1.807) is 22.3 Å². The lowest BCUT2D eigenvalue weighted by Crippen LogP contribution is -2.51. The van der Waals surface area contributed by atoms with Gasteiger partial charge in [0, 0.05) is 12.6 Å². The first-order valence-electron chi connectivity index (χ1n) is 23.6. The number of hydrogen-bond acceptors (Lipinski definition) is 11. The van der Waals surface area contributed by atoms with Crippen LogP contribution in [0.15, 0.2) is 81.6 Å². The van der Waals surface area contributed by atoms with Gasteiger partial charge < -0.3 is 25.0 Å². The predicted octanol–water partition coefficient (Wildman–Crippen LogP) is 9.20. The largest absolute Gasteiger partial charge is 0.392 e. The van der Waals surface area contributed by atoms with Crippen LogP contribution in [-0.2, 0) is 10.2 Å². The van der Waals surface area contributed by atoms with Crippen LogP contribution in [-0.4, -0.2) is 90.2 Å². The third-order valence-electron chi connectivity index (χ3n) is 14.5. The second-order valence-corrected chi connectivity index (χ2v) is 20.9. The molecular weight excluding hydrogens is 870 g/mol. The lowest BCUT2D eigenvalue weighted by Gasteiger charge is -2.35. The Kier molecular flexibility index (Phi) is 13.4. The van der Waals surface area contributed by atoms with E-state index in [1.807, 2.05) is 51.4 Å². The summed E-state index contributed by atoms with van der Waals surface area (Å²) >= 11 is 8.16. The van der Waals surface area contributed by atoms with Gasteiger partial charge in [0.15, 0.2) is 0 Å². The van der Waals surface area contributed by atoms with Crippen LogP contribution in [0.4, 0.5) is 0 Å². The molecule has 6 heterocycles. The normalized spacial score (nSPS) is 20.2. The highest BCUT2D eigenvalue weighted by atomic mass is 35.5. The Morgan fingerprint density at radius 1 is 1.03 bits per heavy atom. The van der Waals surface area contributed by atoms with E-state index >= 15 is 0 Å². The molecule has 6 aromatic rings. The molecule has 1 amide bonds. The number of nitrogens with one attached hydrogen (secondary N) is 1. The van der Waals surface area contributed by atoms with Crippen molar-refractivity contribution in [2.75, 3.05) is 26.2 Å². The average Bonchev–Trinajstić information content (AvgIpc) is 4.08. The van der Waals surface area contributed by atoms with Crippen LogP contribution >= 0.6 is 22.9 Å². The number of hydrogen-bond donors (Lipinski definition) is 3. The van der Waals surface area contributed by atoms with Crippen LogP contribution < -0.4 is 10.9 Å². The molecule has 3 aliphatic rings. The number of carbonyl (C=O) groups excluding carboxylic acids is 1. The number of likely N-dealkylation sites (tertiary alicyclic amines) is 2. The van der Waals surface area contributed by atoms with Crippen molar-refractivity contribution in [3.05, 3.63) is 127 Å². The summed E-state index contributed by atoms with van der Waals surface area (Å²) in [6.07, 6.45) is 4.39. The van der Waals surface area contributed by atoms with Gasteiger partial charge >= 0.3 is 0 Å². The Balaban J connectivity index is 0.832. The van der Waals surface area contributed by atoms with Gasteiger partial charge in [0.2, 0.25) is 5.91 Å². The number of thiazole rings is 1. The second-order valence-electron chi connectivity index (χ2n) is 19.7. The molecular formula is C52H62ClN7O5S. The van der Waals surface area contributed by atoms with Gasteiger partial charge in [-0.05, 0) is 132 Å². The Morgan fingerprint density at radius 2 is 1.80 bits per heavy atom. The molecule has 0 saturated carbocycles. The molecule has 5 atom stereocenters. The monoisotopic (exact) mass is 931 g/mol. The minimum Gasteiger partial charge on any atom is -0.392 e. The number of halogens is 1. The van der Waals surface area contributed by atoms with Crippen molar-refractivity contribution in [1.29, 1.82) is 0 Å². The molecule has 14 heteroatoms. The molecule has 9 rings (SSSR count). The van der Waals surface area contributed by atoms with Crippen molar-refractivity contribution in [3.8, 4) is 16.1 Å². The molecule has 3 aromatic heterocycles. The van der Waals surface area contributed by atoms with Crippen LogP contribution in [0.5, 0.6) is 0 Å². The number of aliphatic hydroxyl groups excluding tert-OH is 2. The summed E-state index contributed by atoms with van der Waals surface area (Å²) < 4.78 is 7.76. The molecule has 2 saturated heterocycles. The van der Waals surface area contributed by atoms with Crippen molar-refractivity contribution in [3.63, 3.8) is 0 Å². The first-order chi connectivity index (χ1) is 31.7. The summed E-state index contributed by atoms with van der Waals surface area (Å²) in [5.74, 6) is 1.15. The molecule has 0 spiro atoms. The first-order valence-corrected chi connectivity index (χ1v) is 24.9. The Bertz CT molecular complexity index is 2760. The van der Waals surface area contributed by atoms with E-state index < -0.39 is 29.7 Å². The molecule has 12 nitrogen and oxygen atoms in total. The molecule has 2 fully saturated rings. The van der Waals surface area contributed by atoms with E-state index in [4.69, 9.17) is 16.1 Å². The molecule has 2 unspecified atom stereocenters. The number of fused-ring (bicyclic) bond motifs is 5. The van der Waals surface area contributed by atoms with Gasteiger partial charge in [-0.3, -0.25) is 19.1 Å². The summed E-state index contributed by atoms with van der Waals surface area (Å²) in [4.78, 5) is 41.9. The zero-order valence-electron chi connectivity index (χ0n) is 38.8. The zero-order chi connectivity index (χ0) is 46.4. The van der Waals surface area contributed by atoms with Crippen LogP contribution in [0, 0.1) is 19.8 Å². The Labute approximate surface area is 396 Å². The zero-order valence-corrected chi connectivity index (χ0v) is 40.4. The quantitative estimate of drug-likeness (QED) is 0.0852. The SMILES string of the molecule is Cc1cc(C(C(C)C)C(O)N2C[C@H](O)C[C@H]2C(=O)N[C@@H](CCCCCN2CCC(c3ccc4c(c3)-n3c(nc(=O)c5c(Cl)cccc53)C4(C)C)CC2)c2ccc(-c3scnc3C)cc2)on1. The Morgan fingerprint density at radius 3 is 2.50 bits per heavy atom. The summed E-state index contributed by atoms with van der Waals surface area (Å²) in [6.45, 7) is 15.5. The summed E-state index contributed by atoms with van der Waals surface area (Å²) in [6, 6.07) is 21.8. The minimum atomic E-state index is -1.04. The number of piperidine rings is 1. The smallest absolute Gasteiger partial charge is 0.282 e. The van der Waals surface area contributed by atoms with Crippen molar-refractivity contribution < 1.29 is 19.5 Å². The lowest BCUT2D eigenvalue weighted by atomic mass is 9.83. The number of amides is 1. The fourth-order valence-electron chi connectivity index (χ4n) is 10.9. The maximum absolute atomic E-state index is 14.3. The minimum absolute atomic E-state index is 0.000141. The van der Waals surface area contributed by atoms with Crippen molar-refractivity contribution in [2.45, 2.75) is 128 Å². The predicted molar refractivity (Wildman–Crippen MR) is 260 cm³/mol. The fraction of sp³-hybridized carbons (Fsp3) is 0.481. The number of aryl methyl sites for hydroxylation is 2. The number of aliphatic hydroxyl groups is 2. The van der Waals surface area contributed by atoms with E-state index in [2.05, 4.69) is 86.2 Å². The van der Waals surface area contributed by atoms with Gasteiger partial charge in [-0.15, -0.1) is 11.3 Å². The van der Waals surface area contributed by atoms with E-state index in [0.717, 1.165) is 103 Å². The summed E-state index contributed by atoms with van der Waals surface area (Å²) in [5, 5.41) is 31.0. The second kappa shape index (κ2) is 19.1. The van der Waals surface area contributed by atoms with E-state index in [0.29, 0.717) is 22.1 Å². The van der Waals surface area contributed by atoms with Crippen LogP contribution in [0.25, 0.3) is 27.0 Å². The fourth-order valence-corrected chi connectivity index (χ4v) is 11.9. The highest BCUT2D eigenvalue weighted by Gasteiger charge is 2.44. The topological polar surface area (TPSA) is 150 Å². The first kappa shape index (κ1) is 46.4. The molecule has 0 bridgehead atoms. The van der Waals surface area contributed by atoms with E-state index in [-0.39, 0.29) is 36.4 Å². The van der Waals surface area contributed by atoms with Gasteiger partial charge in [0.25, 0.3) is 5.56 Å². The van der Waals surface area contributed by atoms with E-state index in [1.165, 1.54) is 11.1 Å². The number of aromatic nitrogens is 4. The molecule has 3 N–H and O–H groups in total. The van der Waals surface area contributed by atoms with Crippen LogP contribution in [0.3, 0.4) is 0 Å². The maximum atomic E-state index is 14.3. The summed E-state index contributed by atoms with van der Waals surface area (Å²) in [5.41, 5.74) is 9.40. The third kappa shape index (κ3) is 9.02. The number of β-amino-alcohol motifs (C(OH)–C–C–N with tert-alkyl or cyclic N) is 1. The molecule has 0 radical (unpaired) electrons. The molecule has 3 aliphatic heterocycles. The van der Waals surface area contributed by atoms with E-state index in [9.17, 15) is 19.8 Å². The van der Waals surface area contributed by atoms with Gasteiger partial charge in [0.05, 0.1) is 72.9 Å².